The number of nitrogens with zero attached hydrogens (tertiary/aromatic N) is 1. The van der Waals surface area contributed by atoms with Crippen molar-refractivity contribution < 1.29 is 19.1 Å². The lowest BCUT2D eigenvalue weighted by Gasteiger charge is -2.14. The molecule has 3 rings (SSSR count). The Balaban J connectivity index is 1.53. The van der Waals surface area contributed by atoms with E-state index in [0.29, 0.717) is 21.9 Å². The van der Waals surface area contributed by atoms with Crippen LogP contribution in [0.15, 0.2) is 65.1 Å². The van der Waals surface area contributed by atoms with E-state index in [-0.39, 0.29) is 18.4 Å². The summed E-state index contributed by atoms with van der Waals surface area (Å²) in [6.45, 7) is 5.99. The first-order valence-electron chi connectivity index (χ1n) is 9.83. The monoisotopic (exact) mass is 436 g/mol. The second-order valence-corrected chi connectivity index (χ2v) is 8.16. The van der Waals surface area contributed by atoms with Crippen molar-refractivity contribution in [1.29, 1.82) is 0 Å². The maximum Gasteiger partial charge on any atom is 0.353 e. The average Bonchev–Trinajstić information content (AvgIpc) is 3.27. The van der Waals surface area contributed by atoms with E-state index in [2.05, 4.69) is 24.4 Å². The molecule has 31 heavy (non-hydrogen) atoms. The predicted octanol–water partition coefficient (Wildman–Crippen LogP) is 4.93. The number of carbonyl (C=O) groups excluding carboxylic acids is 2. The zero-order chi connectivity index (χ0) is 22.2. The van der Waals surface area contributed by atoms with Gasteiger partial charge in [-0.15, -0.1) is 11.3 Å². The minimum atomic E-state index is -0.411. The van der Waals surface area contributed by atoms with Gasteiger partial charge in [0.15, 0.2) is 6.61 Å². The zero-order valence-electron chi connectivity index (χ0n) is 17.6. The van der Waals surface area contributed by atoms with Crippen molar-refractivity contribution in [3.8, 4) is 11.5 Å². The third-order valence-electron chi connectivity index (χ3n) is 4.34. The minimum Gasteiger partial charge on any atom is -0.483 e. The van der Waals surface area contributed by atoms with E-state index in [9.17, 15) is 9.59 Å². The van der Waals surface area contributed by atoms with Crippen LogP contribution in [0.2, 0.25) is 0 Å². The first-order valence-corrected chi connectivity index (χ1v) is 10.7. The lowest BCUT2D eigenvalue weighted by molar-refractivity contribution is -0.123. The molecule has 3 aromatic rings. The molecule has 7 heteroatoms. The van der Waals surface area contributed by atoms with Crippen molar-refractivity contribution in [3.63, 3.8) is 0 Å². The number of nitrogens with one attached hydrogen (secondary N) is 1. The number of amides is 1. The van der Waals surface area contributed by atoms with E-state index in [0.717, 1.165) is 11.1 Å². The fraction of sp³-hybridized carbons (Fsp3) is 0.208. The number of rotatable bonds is 8. The summed E-state index contributed by atoms with van der Waals surface area (Å²) in [6.07, 6.45) is 1.48. The predicted molar refractivity (Wildman–Crippen MR) is 122 cm³/mol. The van der Waals surface area contributed by atoms with Crippen LogP contribution in [0, 0.1) is 6.92 Å². The molecular weight excluding hydrogens is 412 g/mol. The highest BCUT2D eigenvalue weighted by Gasteiger charge is 2.11. The second kappa shape index (κ2) is 10.5. The number of aryl methyl sites for hydroxylation is 1. The Morgan fingerprint density at radius 1 is 1.13 bits per heavy atom. The SMILES string of the molecule is Cc1ccc(C(C)C)c(OCC(=O)N/N=C\c2cccc(OC(=O)c3cccs3)c2)c1. The molecule has 1 aromatic heterocycles. The second-order valence-electron chi connectivity index (χ2n) is 7.22. The normalized spacial score (nSPS) is 11.0. The molecule has 0 aliphatic carbocycles. The smallest absolute Gasteiger partial charge is 0.353 e. The van der Waals surface area contributed by atoms with Gasteiger partial charge in [-0.1, -0.05) is 44.2 Å². The van der Waals surface area contributed by atoms with E-state index in [4.69, 9.17) is 9.47 Å². The number of hydrazone groups is 1. The molecule has 0 aliphatic rings. The molecule has 0 unspecified atom stereocenters. The summed E-state index contributed by atoms with van der Waals surface area (Å²) in [6, 6.07) is 16.3. The van der Waals surface area contributed by atoms with Gasteiger partial charge in [-0.3, -0.25) is 4.79 Å². The Morgan fingerprint density at radius 3 is 2.71 bits per heavy atom. The van der Waals surface area contributed by atoms with Crippen LogP contribution in [0.4, 0.5) is 0 Å². The molecule has 0 radical (unpaired) electrons. The Labute approximate surface area is 185 Å². The maximum absolute atomic E-state index is 12.1. The first-order chi connectivity index (χ1) is 14.9. The standard InChI is InChI=1S/C24H24N2O4S/c1-16(2)20-10-9-17(3)12-21(20)29-15-23(27)26-25-14-18-6-4-7-19(13-18)30-24(28)22-8-5-11-31-22/h4-14,16H,15H2,1-3H3,(H,26,27)/b25-14-. The van der Waals surface area contributed by atoms with E-state index in [1.807, 2.05) is 30.5 Å². The van der Waals surface area contributed by atoms with Crippen molar-refractivity contribution >= 4 is 29.4 Å². The molecule has 1 N–H and O–H groups in total. The summed E-state index contributed by atoms with van der Waals surface area (Å²) in [5.41, 5.74) is 5.24. The van der Waals surface area contributed by atoms with Gasteiger partial charge >= 0.3 is 5.97 Å². The summed E-state index contributed by atoms with van der Waals surface area (Å²) >= 11 is 1.32. The van der Waals surface area contributed by atoms with Gasteiger partial charge in [-0.25, -0.2) is 10.2 Å². The Morgan fingerprint density at radius 2 is 1.97 bits per heavy atom. The number of carbonyl (C=O) groups is 2. The van der Waals surface area contributed by atoms with Gasteiger partial charge in [-0.05, 0) is 59.2 Å². The van der Waals surface area contributed by atoms with Crippen molar-refractivity contribution in [2.24, 2.45) is 5.10 Å². The Bertz CT molecular complexity index is 1070. The molecule has 0 saturated carbocycles. The van der Waals surface area contributed by atoms with Crippen LogP contribution in [0.5, 0.6) is 11.5 Å². The van der Waals surface area contributed by atoms with E-state index in [1.54, 1.807) is 36.4 Å². The Hall–Kier alpha value is -3.45. The zero-order valence-corrected chi connectivity index (χ0v) is 18.4. The van der Waals surface area contributed by atoms with Crippen LogP contribution in [-0.4, -0.2) is 24.7 Å². The largest absolute Gasteiger partial charge is 0.483 e. The van der Waals surface area contributed by atoms with Crippen LogP contribution < -0.4 is 14.9 Å². The van der Waals surface area contributed by atoms with Crippen molar-refractivity contribution in [2.45, 2.75) is 26.7 Å². The van der Waals surface area contributed by atoms with Crippen LogP contribution in [0.3, 0.4) is 0 Å². The van der Waals surface area contributed by atoms with Crippen molar-refractivity contribution in [3.05, 3.63) is 81.5 Å². The van der Waals surface area contributed by atoms with Gasteiger partial charge in [0, 0.05) is 0 Å². The minimum absolute atomic E-state index is 0.140. The van der Waals surface area contributed by atoms with Crippen molar-refractivity contribution in [1.82, 2.24) is 5.43 Å². The summed E-state index contributed by atoms with van der Waals surface area (Å²) in [5, 5.41) is 5.77. The number of thiophene rings is 1. The average molecular weight is 437 g/mol. The molecule has 0 fully saturated rings. The Kier molecular flexibility index (Phi) is 7.56. The molecule has 1 amide bonds. The summed E-state index contributed by atoms with van der Waals surface area (Å²) in [5.74, 6) is 0.615. The molecule has 0 spiro atoms. The van der Waals surface area contributed by atoms with Gasteiger partial charge in [0.25, 0.3) is 5.91 Å². The lowest BCUT2D eigenvalue weighted by Crippen LogP contribution is -2.25. The molecule has 0 saturated heterocycles. The molecule has 1 heterocycles. The van der Waals surface area contributed by atoms with Gasteiger partial charge < -0.3 is 9.47 Å². The van der Waals surface area contributed by atoms with Gasteiger partial charge in [0.05, 0.1) is 6.21 Å². The van der Waals surface area contributed by atoms with Gasteiger partial charge in [0.1, 0.15) is 16.4 Å². The quantitative estimate of drug-likeness (QED) is 0.235. The molecule has 2 aromatic carbocycles. The van der Waals surface area contributed by atoms with Crippen LogP contribution >= 0.6 is 11.3 Å². The third-order valence-corrected chi connectivity index (χ3v) is 5.19. The first kappa shape index (κ1) is 22.2. The van der Waals surface area contributed by atoms with E-state index in [1.165, 1.54) is 17.6 Å². The number of benzene rings is 2. The van der Waals surface area contributed by atoms with E-state index >= 15 is 0 Å². The fourth-order valence-corrected chi connectivity index (χ4v) is 3.41. The molecule has 160 valence electrons. The van der Waals surface area contributed by atoms with Crippen LogP contribution in [0.25, 0.3) is 0 Å². The van der Waals surface area contributed by atoms with Crippen LogP contribution in [0.1, 0.15) is 46.1 Å². The lowest BCUT2D eigenvalue weighted by atomic mass is 10.0. The molecule has 0 atom stereocenters. The molecule has 0 aliphatic heterocycles. The highest BCUT2D eigenvalue weighted by Crippen LogP contribution is 2.27. The van der Waals surface area contributed by atoms with Crippen LogP contribution in [-0.2, 0) is 4.79 Å². The van der Waals surface area contributed by atoms with Crippen molar-refractivity contribution in [2.75, 3.05) is 6.61 Å². The third kappa shape index (κ3) is 6.52. The summed E-state index contributed by atoms with van der Waals surface area (Å²) in [7, 11) is 0. The fourth-order valence-electron chi connectivity index (χ4n) is 2.81. The topological polar surface area (TPSA) is 77.0 Å². The van der Waals surface area contributed by atoms with Gasteiger partial charge in [0.2, 0.25) is 0 Å². The highest BCUT2D eigenvalue weighted by molar-refractivity contribution is 7.12. The molecular formula is C24H24N2O4S. The number of hydrogen-bond acceptors (Lipinski definition) is 6. The summed E-state index contributed by atoms with van der Waals surface area (Å²) in [4.78, 5) is 24.7. The van der Waals surface area contributed by atoms with Gasteiger partial charge in [-0.2, -0.15) is 5.10 Å². The number of ether oxygens (including phenoxy) is 2. The van der Waals surface area contributed by atoms with E-state index < -0.39 is 5.97 Å². The number of hydrogen-bond donors (Lipinski definition) is 1. The highest BCUT2D eigenvalue weighted by atomic mass is 32.1. The number of esters is 1. The summed E-state index contributed by atoms with van der Waals surface area (Å²) < 4.78 is 11.1. The molecule has 0 bridgehead atoms. The maximum atomic E-state index is 12.1. The molecule has 6 nitrogen and oxygen atoms in total.